The molecule has 9 nitrogen and oxygen atoms in total. The van der Waals surface area contributed by atoms with E-state index in [-0.39, 0.29) is 21.8 Å². The average molecular weight is 467 g/mol. The van der Waals surface area contributed by atoms with Gasteiger partial charge < -0.3 is 10.2 Å². The molecule has 0 aliphatic carbocycles. The summed E-state index contributed by atoms with van der Waals surface area (Å²) < 4.78 is 28.0. The van der Waals surface area contributed by atoms with E-state index < -0.39 is 20.9 Å². The Kier molecular flexibility index (Phi) is 6.27. The summed E-state index contributed by atoms with van der Waals surface area (Å²) in [5.41, 5.74) is 1.46. The standard InChI is InChI=1S/C23H22N4O5S/c28-23(24-17-7-5-8-18(15-17)26-13-3-4-14-26)21-11-1-2-12-22(21)25-33(31,32)20-10-6-9-19(16-20)27(29)30/h1-2,5-12,15-16,25H,3-4,13-14H2,(H,24,28). The monoisotopic (exact) mass is 466 g/mol. The SMILES string of the molecule is O=C(Nc1cccc(N2CCCC2)c1)c1ccccc1NS(=O)(=O)c1cccc([N+](=O)[O-])c1. The Morgan fingerprint density at radius 3 is 2.42 bits per heavy atom. The molecule has 0 spiro atoms. The van der Waals surface area contributed by atoms with Crippen molar-refractivity contribution in [2.24, 2.45) is 0 Å². The van der Waals surface area contributed by atoms with Crippen LogP contribution in [0, 0.1) is 10.1 Å². The van der Waals surface area contributed by atoms with Gasteiger partial charge in [-0.15, -0.1) is 0 Å². The van der Waals surface area contributed by atoms with Gasteiger partial charge in [0.05, 0.1) is 21.1 Å². The fourth-order valence-corrected chi connectivity index (χ4v) is 4.81. The molecule has 0 aromatic heterocycles. The van der Waals surface area contributed by atoms with E-state index in [0.29, 0.717) is 5.69 Å². The van der Waals surface area contributed by atoms with Crippen LogP contribution in [0.1, 0.15) is 23.2 Å². The van der Waals surface area contributed by atoms with Gasteiger partial charge in [-0.25, -0.2) is 8.42 Å². The van der Waals surface area contributed by atoms with Gasteiger partial charge in [0.2, 0.25) is 0 Å². The van der Waals surface area contributed by atoms with Crippen molar-refractivity contribution < 1.29 is 18.1 Å². The van der Waals surface area contributed by atoms with Crippen molar-refractivity contribution in [3.8, 4) is 0 Å². The van der Waals surface area contributed by atoms with E-state index in [4.69, 9.17) is 0 Å². The maximum Gasteiger partial charge on any atom is 0.270 e. The summed E-state index contributed by atoms with van der Waals surface area (Å²) in [4.78, 5) is 25.3. The Balaban J connectivity index is 1.56. The smallest absolute Gasteiger partial charge is 0.270 e. The van der Waals surface area contributed by atoms with E-state index in [1.165, 1.54) is 30.3 Å². The first-order valence-corrected chi connectivity index (χ1v) is 11.8. The van der Waals surface area contributed by atoms with Crippen LogP contribution in [0.25, 0.3) is 0 Å². The number of hydrogen-bond donors (Lipinski definition) is 2. The Hall–Kier alpha value is -3.92. The molecule has 4 rings (SSSR count). The third-order valence-electron chi connectivity index (χ3n) is 5.33. The molecule has 170 valence electrons. The molecule has 1 amide bonds. The van der Waals surface area contributed by atoms with Gasteiger partial charge >= 0.3 is 0 Å². The number of carbonyl (C=O) groups is 1. The molecule has 0 saturated carbocycles. The van der Waals surface area contributed by atoms with E-state index in [0.717, 1.165) is 37.7 Å². The van der Waals surface area contributed by atoms with Crippen LogP contribution in [0.5, 0.6) is 0 Å². The van der Waals surface area contributed by atoms with Crippen molar-refractivity contribution in [3.63, 3.8) is 0 Å². The van der Waals surface area contributed by atoms with Gasteiger partial charge in [-0.1, -0.05) is 24.3 Å². The molecular weight excluding hydrogens is 444 g/mol. The molecule has 33 heavy (non-hydrogen) atoms. The number of non-ortho nitro benzene ring substituents is 1. The lowest BCUT2D eigenvalue weighted by atomic mass is 10.1. The number of amides is 1. The van der Waals surface area contributed by atoms with Crippen LogP contribution in [0.2, 0.25) is 0 Å². The van der Waals surface area contributed by atoms with Crippen molar-refractivity contribution in [3.05, 3.63) is 88.5 Å². The first kappa shape index (κ1) is 22.3. The Morgan fingerprint density at radius 1 is 0.939 bits per heavy atom. The minimum atomic E-state index is -4.16. The molecule has 0 atom stereocenters. The minimum Gasteiger partial charge on any atom is -0.371 e. The molecule has 2 N–H and O–H groups in total. The predicted octanol–water partition coefficient (Wildman–Crippen LogP) is 4.25. The van der Waals surface area contributed by atoms with E-state index >= 15 is 0 Å². The maximum absolute atomic E-state index is 13.0. The number of hydrogen-bond acceptors (Lipinski definition) is 6. The molecule has 0 bridgehead atoms. The molecule has 1 fully saturated rings. The van der Waals surface area contributed by atoms with Crippen LogP contribution < -0.4 is 14.9 Å². The number of nitrogens with zero attached hydrogens (tertiary/aromatic N) is 2. The third kappa shape index (κ3) is 5.12. The summed E-state index contributed by atoms with van der Waals surface area (Å²) in [5.74, 6) is -0.481. The largest absolute Gasteiger partial charge is 0.371 e. The van der Waals surface area contributed by atoms with Gasteiger partial charge in [0.1, 0.15) is 0 Å². The Morgan fingerprint density at radius 2 is 1.67 bits per heavy atom. The zero-order valence-corrected chi connectivity index (χ0v) is 18.4. The lowest BCUT2D eigenvalue weighted by Crippen LogP contribution is -2.19. The molecule has 10 heteroatoms. The summed E-state index contributed by atoms with van der Waals surface area (Å²) >= 11 is 0. The van der Waals surface area contributed by atoms with Crippen LogP contribution in [-0.2, 0) is 10.0 Å². The van der Waals surface area contributed by atoms with Crippen LogP contribution in [0.15, 0.2) is 77.7 Å². The lowest BCUT2D eigenvalue weighted by Gasteiger charge is -2.18. The number of para-hydroxylation sites is 1. The van der Waals surface area contributed by atoms with Crippen molar-refractivity contribution in [1.29, 1.82) is 0 Å². The second kappa shape index (κ2) is 9.29. The quantitative estimate of drug-likeness (QED) is 0.397. The van der Waals surface area contributed by atoms with Crippen LogP contribution in [0.3, 0.4) is 0 Å². The molecule has 1 aliphatic rings. The number of nitrogens with one attached hydrogen (secondary N) is 2. The third-order valence-corrected chi connectivity index (χ3v) is 6.69. The second-order valence-electron chi connectivity index (χ2n) is 7.60. The number of benzene rings is 3. The summed E-state index contributed by atoms with van der Waals surface area (Å²) in [7, 11) is -4.16. The Labute approximate surface area is 191 Å². The molecule has 1 aliphatic heterocycles. The van der Waals surface area contributed by atoms with Gasteiger partial charge in [-0.2, -0.15) is 0 Å². The highest BCUT2D eigenvalue weighted by molar-refractivity contribution is 7.92. The highest BCUT2D eigenvalue weighted by atomic mass is 32.2. The number of sulfonamides is 1. The normalized spacial score (nSPS) is 13.5. The molecule has 3 aromatic rings. The summed E-state index contributed by atoms with van der Waals surface area (Å²) in [6.07, 6.45) is 2.27. The van der Waals surface area contributed by atoms with Crippen LogP contribution >= 0.6 is 0 Å². The van der Waals surface area contributed by atoms with E-state index in [2.05, 4.69) is 14.9 Å². The number of anilines is 3. The van der Waals surface area contributed by atoms with Crippen molar-refractivity contribution in [1.82, 2.24) is 0 Å². The molecule has 1 heterocycles. The van der Waals surface area contributed by atoms with E-state index in [1.807, 2.05) is 18.2 Å². The second-order valence-corrected chi connectivity index (χ2v) is 9.29. The van der Waals surface area contributed by atoms with Gasteiger partial charge in [0.25, 0.3) is 21.6 Å². The van der Waals surface area contributed by atoms with Crippen LogP contribution in [0.4, 0.5) is 22.7 Å². The van der Waals surface area contributed by atoms with Crippen molar-refractivity contribution in [2.45, 2.75) is 17.7 Å². The average Bonchev–Trinajstić information content (AvgIpc) is 3.34. The lowest BCUT2D eigenvalue weighted by molar-refractivity contribution is -0.385. The fraction of sp³-hybridized carbons (Fsp3) is 0.174. The molecule has 0 radical (unpaired) electrons. The molecule has 3 aromatic carbocycles. The van der Waals surface area contributed by atoms with Crippen molar-refractivity contribution >= 4 is 38.7 Å². The number of nitro groups is 1. The zero-order valence-electron chi connectivity index (χ0n) is 17.6. The predicted molar refractivity (Wildman–Crippen MR) is 126 cm³/mol. The number of carbonyl (C=O) groups excluding carboxylic acids is 1. The summed E-state index contributed by atoms with van der Waals surface area (Å²) in [6, 6.07) is 18.4. The summed E-state index contributed by atoms with van der Waals surface area (Å²) in [5, 5.41) is 13.8. The van der Waals surface area contributed by atoms with Gasteiger partial charge in [0.15, 0.2) is 0 Å². The number of rotatable bonds is 7. The first-order valence-electron chi connectivity index (χ1n) is 10.4. The minimum absolute atomic E-state index is 0.0669. The van der Waals surface area contributed by atoms with Gasteiger partial charge in [-0.3, -0.25) is 19.6 Å². The molecule has 0 unspecified atom stereocenters. The van der Waals surface area contributed by atoms with E-state index in [1.54, 1.807) is 18.2 Å². The highest BCUT2D eigenvalue weighted by Gasteiger charge is 2.21. The van der Waals surface area contributed by atoms with Gasteiger partial charge in [0, 0.05) is 36.6 Å². The van der Waals surface area contributed by atoms with E-state index in [9.17, 15) is 23.3 Å². The fourth-order valence-electron chi connectivity index (χ4n) is 3.69. The van der Waals surface area contributed by atoms with Crippen molar-refractivity contribution in [2.75, 3.05) is 28.0 Å². The zero-order chi connectivity index (χ0) is 23.4. The molecular formula is C23H22N4O5S. The summed E-state index contributed by atoms with van der Waals surface area (Å²) in [6.45, 7) is 1.94. The number of nitro benzene ring substituents is 1. The topological polar surface area (TPSA) is 122 Å². The Bertz CT molecular complexity index is 1300. The maximum atomic E-state index is 13.0. The van der Waals surface area contributed by atoms with Crippen LogP contribution in [-0.4, -0.2) is 32.3 Å². The molecule has 1 saturated heterocycles. The first-order chi connectivity index (χ1) is 15.8. The van der Waals surface area contributed by atoms with Gasteiger partial charge in [-0.05, 0) is 49.2 Å². The highest BCUT2D eigenvalue weighted by Crippen LogP contribution is 2.26.